The lowest BCUT2D eigenvalue weighted by Crippen LogP contribution is -2.40. The minimum atomic E-state index is -4.00. The van der Waals surface area contributed by atoms with Crippen molar-refractivity contribution in [1.82, 2.24) is 4.72 Å². The Morgan fingerprint density at radius 2 is 1.91 bits per heavy atom. The van der Waals surface area contributed by atoms with E-state index in [2.05, 4.69) is 8.91 Å². The second kappa shape index (κ2) is 6.59. The molecule has 0 spiro atoms. The van der Waals surface area contributed by atoms with E-state index < -0.39 is 34.2 Å². The van der Waals surface area contributed by atoms with Crippen molar-refractivity contribution >= 4 is 10.3 Å². The van der Waals surface area contributed by atoms with Crippen LogP contribution in [-0.2, 0) is 24.0 Å². The maximum Gasteiger partial charge on any atom is 0.337 e. The summed E-state index contributed by atoms with van der Waals surface area (Å²) in [6.45, 7) is 3.71. The first-order chi connectivity index (χ1) is 10.4. The summed E-state index contributed by atoms with van der Waals surface area (Å²) in [6, 6.07) is 6.04. The highest BCUT2D eigenvalue weighted by molar-refractivity contribution is 7.84. The van der Waals surface area contributed by atoms with Crippen LogP contribution < -0.4 is 4.72 Å². The summed E-state index contributed by atoms with van der Waals surface area (Å²) in [6.07, 6.45) is -0.966. The second-order valence-corrected chi connectivity index (χ2v) is 6.43. The molecule has 1 N–H and O–H groups in total. The van der Waals surface area contributed by atoms with Gasteiger partial charge in [-0.1, -0.05) is 32.0 Å². The predicted molar refractivity (Wildman–Crippen MR) is 77.5 cm³/mol. The topological polar surface area (TPSA) is 73.9 Å². The molecule has 1 fully saturated rings. The Labute approximate surface area is 129 Å². The molecule has 0 unspecified atom stereocenters. The Bertz CT molecular complexity index is 617. The zero-order valence-electron chi connectivity index (χ0n) is 12.7. The highest BCUT2D eigenvalue weighted by Gasteiger charge is 2.48. The van der Waals surface area contributed by atoms with Gasteiger partial charge in [0.2, 0.25) is 0 Å². The number of benzene rings is 1. The fourth-order valence-corrected chi connectivity index (χ4v) is 2.96. The molecule has 0 bridgehead atoms. The van der Waals surface area contributed by atoms with Crippen LogP contribution in [0.4, 0.5) is 4.39 Å². The van der Waals surface area contributed by atoms with Crippen LogP contribution in [0, 0.1) is 5.82 Å². The normalized spacial score (nSPS) is 24.5. The molecule has 0 aliphatic carbocycles. The van der Waals surface area contributed by atoms with E-state index in [1.807, 2.05) is 13.8 Å². The van der Waals surface area contributed by atoms with Crippen LogP contribution in [0.15, 0.2) is 24.3 Å². The molecular formula is C14H20FNO5S. The van der Waals surface area contributed by atoms with Crippen molar-refractivity contribution in [3.63, 3.8) is 0 Å². The molecule has 1 aliphatic heterocycles. The van der Waals surface area contributed by atoms with Crippen LogP contribution in [0.5, 0.6) is 0 Å². The van der Waals surface area contributed by atoms with Gasteiger partial charge in [0, 0.05) is 5.56 Å². The Balaban J connectivity index is 2.37. The summed E-state index contributed by atoms with van der Waals surface area (Å²) in [5.74, 6) is -1.45. The smallest absolute Gasteiger partial charge is 0.337 e. The fraction of sp³-hybridized carbons (Fsp3) is 0.571. The maximum atomic E-state index is 14.0. The van der Waals surface area contributed by atoms with Crippen molar-refractivity contribution < 1.29 is 26.5 Å². The summed E-state index contributed by atoms with van der Waals surface area (Å²) in [5, 5.41) is 0. The molecule has 22 heavy (non-hydrogen) atoms. The van der Waals surface area contributed by atoms with Gasteiger partial charge in [0.05, 0.1) is 7.11 Å². The molecule has 124 valence electrons. The van der Waals surface area contributed by atoms with Crippen LogP contribution in [0.2, 0.25) is 0 Å². The SMILES string of the molecule is CCC1(CC)O[C@H](NS(=O)(=O)OC)[C@H](c2ccccc2F)O1. The van der Waals surface area contributed by atoms with Crippen LogP contribution in [0.25, 0.3) is 0 Å². The monoisotopic (exact) mass is 333 g/mol. The molecule has 1 aliphatic rings. The van der Waals surface area contributed by atoms with E-state index in [1.54, 1.807) is 18.2 Å². The van der Waals surface area contributed by atoms with E-state index in [0.717, 1.165) is 7.11 Å². The van der Waals surface area contributed by atoms with Crippen LogP contribution in [0.3, 0.4) is 0 Å². The first-order valence-corrected chi connectivity index (χ1v) is 8.45. The van der Waals surface area contributed by atoms with Gasteiger partial charge in [0.15, 0.2) is 12.0 Å². The van der Waals surface area contributed by atoms with Crippen molar-refractivity contribution in [3.8, 4) is 0 Å². The molecule has 1 saturated heterocycles. The van der Waals surface area contributed by atoms with E-state index in [-0.39, 0.29) is 5.56 Å². The predicted octanol–water partition coefficient (Wildman–Crippen LogP) is 2.24. The largest absolute Gasteiger partial charge is 0.338 e. The maximum absolute atomic E-state index is 14.0. The van der Waals surface area contributed by atoms with E-state index >= 15 is 0 Å². The number of hydrogen-bond acceptors (Lipinski definition) is 5. The van der Waals surface area contributed by atoms with Gasteiger partial charge in [-0.05, 0) is 18.9 Å². The summed E-state index contributed by atoms with van der Waals surface area (Å²) < 4.78 is 55.6. The average Bonchev–Trinajstić information content (AvgIpc) is 2.86. The van der Waals surface area contributed by atoms with Crippen molar-refractivity contribution in [2.75, 3.05) is 7.11 Å². The third-order valence-electron chi connectivity index (χ3n) is 3.73. The lowest BCUT2D eigenvalue weighted by Gasteiger charge is -2.24. The molecule has 8 heteroatoms. The molecule has 1 aromatic carbocycles. The Morgan fingerprint density at radius 3 is 2.45 bits per heavy atom. The van der Waals surface area contributed by atoms with Gasteiger partial charge in [0.25, 0.3) is 0 Å². The fourth-order valence-electron chi connectivity index (χ4n) is 2.41. The number of ether oxygens (including phenoxy) is 2. The molecule has 2 atom stereocenters. The third-order valence-corrected chi connectivity index (χ3v) is 4.69. The summed E-state index contributed by atoms with van der Waals surface area (Å²) in [7, 11) is -2.97. The van der Waals surface area contributed by atoms with Gasteiger partial charge in [-0.15, -0.1) is 0 Å². The highest BCUT2D eigenvalue weighted by atomic mass is 32.2. The Kier molecular flexibility index (Phi) is 5.18. The highest BCUT2D eigenvalue weighted by Crippen LogP contribution is 2.42. The summed E-state index contributed by atoms with van der Waals surface area (Å²) >= 11 is 0. The van der Waals surface area contributed by atoms with Gasteiger partial charge in [-0.25, -0.2) is 4.39 Å². The molecule has 0 amide bonds. The summed E-state index contributed by atoms with van der Waals surface area (Å²) in [5.41, 5.74) is 0.232. The third kappa shape index (κ3) is 3.47. The lowest BCUT2D eigenvalue weighted by molar-refractivity contribution is -0.180. The molecular weight excluding hydrogens is 313 g/mol. The van der Waals surface area contributed by atoms with Gasteiger partial charge in [-0.2, -0.15) is 13.1 Å². The summed E-state index contributed by atoms with van der Waals surface area (Å²) in [4.78, 5) is 0. The van der Waals surface area contributed by atoms with Crippen molar-refractivity contribution in [1.29, 1.82) is 0 Å². The zero-order chi connectivity index (χ0) is 16.4. The number of halogens is 1. The zero-order valence-corrected chi connectivity index (χ0v) is 13.5. The minimum absolute atomic E-state index is 0.232. The molecule has 0 saturated carbocycles. The first-order valence-electron chi connectivity index (χ1n) is 7.04. The standard InChI is InChI=1S/C14H20FNO5S/c1-4-14(5-2)20-12(10-8-6-7-9-11(10)15)13(21-14)16-22(17,18)19-3/h6-9,12-13,16H,4-5H2,1-3H3/t12-,13-/m0/s1. The molecule has 0 aromatic heterocycles. The average molecular weight is 333 g/mol. The molecule has 0 radical (unpaired) electrons. The minimum Gasteiger partial charge on any atom is -0.338 e. The lowest BCUT2D eigenvalue weighted by atomic mass is 10.1. The van der Waals surface area contributed by atoms with Crippen LogP contribution in [0.1, 0.15) is 38.4 Å². The van der Waals surface area contributed by atoms with Gasteiger partial charge in [0.1, 0.15) is 11.9 Å². The van der Waals surface area contributed by atoms with Crippen LogP contribution >= 0.6 is 0 Å². The van der Waals surface area contributed by atoms with E-state index in [0.29, 0.717) is 12.8 Å². The van der Waals surface area contributed by atoms with Crippen molar-refractivity contribution in [3.05, 3.63) is 35.6 Å². The second-order valence-electron chi connectivity index (χ2n) is 4.95. The molecule has 1 heterocycles. The molecule has 2 rings (SSSR count). The van der Waals surface area contributed by atoms with E-state index in [1.165, 1.54) is 6.07 Å². The van der Waals surface area contributed by atoms with Gasteiger partial charge in [-0.3, -0.25) is 4.18 Å². The van der Waals surface area contributed by atoms with E-state index in [4.69, 9.17) is 9.47 Å². The van der Waals surface area contributed by atoms with Crippen LogP contribution in [-0.4, -0.2) is 27.5 Å². The van der Waals surface area contributed by atoms with Crippen molar-refractivity contribution in [2.45, 2.75) is 44.8 Å². The van der Waals surface area contributed by atoms with E-state index in [9.17, 15) is 12.8 Å². The number of nitrogens with one attached hydrogen (secondary N) is 1. The Morgan fingerprint density at radius 1 is 1.27 bits per heavy atom. The first kappa shape index (κ1) is 17.3. The molecule has 6 nitrogen and oxygen atoms in total. The van der Waals surface area contributed by atoms with Gasteiger partial charge < -0.3 is 9.47 Å². The molecule has 1 aromatic rings. The number of rotatable bonds is 6. The van der Waals surface area contributed by atoms with Crippen molar-refractivity contribution in [2.24, 2.45) is 0 Å². The van der Waals surface area contributed by atoms with Gasteiger partial charge >= 0.3 is 10.3 Å². The number of hydrogen-bond donors (Lipinski definition) is 1. The quantitative estimate of drug-likeness (QED) is 0.864. The Hall–Kier alpha value is -1.06.